The molecule has 1 aromatic carbocycles. The Balaban J connectivity index is 1.88. The highest BCUT2D eigenvalue weighted by Gasteiger charge is 2.33. The summed E-state index contributed by atoms with van der Waals surface area (Å²) < 4.78 is 0. The van der Waals surface area contributed by atoms with Crippen LogP contribution in [0.25, 0.3) is 0 Å². The minimum atomic E-state index is 0.394. The van der Waals surface area contributed by atoms with E-state index in [0.29, 0.717) is 6.04 Å². The van der Waals surface area contributed by atoms with E-state index in [4.69, 9.17) is 5.73 Å². The van der Waals surface area contributed by atoms with Gasteiger partial charge in [-0.3, -0.25) is 4.90 Å². The first-order valence-electron chi connectivity index (χ1n) is 8.04. The van der Waals surface area contributed by atoms with Crippen LogP contribution in [0.4, 0.5) is 5.69 Å². The third kappa shape index (κ3) is 2.57. The molecule has 0 spiro atoms. The number of likely N-dealkylation sites (N-methyl/N-ethyl adjacent to an activating group) is 1. The fourth-order valence-electron chi connectivity index (χ4n) is 3.61. The number of aryl methyl sites for hydroxylation is 1. The lowest BCUT2D eigenvalue weighted by Gasteiger charge is -2.33. The van der Waals surface area contributed by atoms with E-state index < -0.39 is 0 Å². The molecule has 3 heteroatoms. The van der Waals surface area contributed by atoms with Gasteiger partial charge in [-0.05, 0) is 49.4 Å². The van der Waals surface area contributed by atoms with Crippen molar-refractivity contribution in [3.63, 3.8) is 0 Å². The second kappa shape index (κ2) is 5.74. The van der Waals surface area contributed by atoms with Gasteiger partial charge in [-0.15, -0.1) is 0 Å². The highest BCUT2D eigenvalue weighted by molar-refractivity contribution is 5.56. The van der Waals surface area contributed by atoms with E-state index in [-0.39, 0.29) is 0 Å². The van der Waals surface area contributed by atoms with Crippen LogP contribution in [0.5, 0.6) is 0 Å². The second-order valence-electron chi connectivity index (χ2n) is 6.23. The number of hydrogen-bond donors (Lipinski definition) is 1. The zero-order valence-corrected chi connectivity index (χ0v) is 12.8. The molecule has 1 aliphatic heterocycles. The summed E-state index contributed by atoms with van der Waals surface area (Å²) in [7, 11) is 2.20. The zero-order valence-electron chi connectivity index (χ0n) is 12.8. The van der Waals surface area contributed by atoms with E-state index in [9.17, 15) is 0 Å². The quantitative estimate of drug-likeness (QED) is 0.895. The fraction of sp³-hybridized carbons (Fsp3) is 0.647. The smallest absolute Gasteiger partial charge is 0.0473 e. The molecule has 3 nitrogen and oxygen atoms in total. The molecule has 1 heterocycles. The van der Waals surface area contributed by atoms with Crippen LogP contribution in [0.2, 0.25) is 0 Å². The molecule has 2 aliphatic rings. The number of rotatable bonds is 5. The van der Waals surface area contributed by atoms with E-state index in [1.54, 1.807) is 0 Å². The summed E-state index contributed by atoms with van der Waals surface area (Å²) in [6.07, 6.45) is 5.16. The van der Waals surface area contributed by atoms with Crippen LogP contribution in [0.1, 0.15) is 43.4 Å². The Hall–Kier alpha value is -1.06. The van der Waals surface area contributed by atoms with Crippen molar-refractivity contribution in [2.24, 2.45) is 5.73 Å². The van der Waals surface area contributed by atoms with Crippen molar-refractivity contribution in [1.82, 2.24) is 4.90 Å². The standard InChI is InChI=1S/C17H27N3/c1-3-20(15-7-8-15)17(12-18)14-6-9-16-13(11-14)5-4-10-19(16)2/h6,9,11,15,17H,3-5,7-8,10,12,18H2,1-2H3. The van der Waals surface area contributed by atoms with Gasteiger partial charge in [0.25, 0.3) is 0 Å². The van der Waals surface area contributed by atoms with Crippen molar-refractivity contribution < 1.29 is 0 Å². The summed E-state index contributed by atoms with van der Waals surface area (Å²) in [6.45, 7) is 5.26. The number of anilines is 1. The summed E-state index contributed by atoms with van der Waals surface area (Å²) in [4.78, 5) is 4.97. The van der Waals surface area contributed by atoms with Gasteiger partial charge in [0, 0.05) is 37.9 Å². The maximum Gasteiger partial charge on any atom is 0.0473 e. The SMILES string of the molecule is CCN(C1CC1)C(CN)c1ccc2c(c1)CCCN2C. The summed E-state index contributed by atoms with van der Waals surface area (Å²) in [5, 5.41) is 0. The maximum absolute atomic E-state index is 6.10. The van der Waals surface area contributed by atoms with Crippen LogP contribution in [0.15, 0.2) is 18.2 Å². The predicted octanol–water partition coefficient (Wildman–Crippen LogP) is 2.55. The predicted molar refractivity (Wildman–Crippen MR) is 85.2 cm³/mol. The molecule has 1 aliphatic carbocycles. The van der Waals surface area contributed by atoms with E-state index in [0.717, 1.165) is 19.1 Å². The van der Waals surface area contributed by atoms with Crippen molar-refractivity contribution in [3.8, 4) is 0 Å². The normalized spacial score (nSPS) is 20.1. The average Bonchev–Trinajstić information content (AvgIpc) is 3.29. The minimum Gasteiger partial charge on any atom is -0.374 e. The van der Waals surface area contributed by atoms with Crippen LogP contribution >= 0.6 is 0 Å². The number of hydrogen-bond acceptors (Lipinski definition) is 3. The summed E-state index contributed by atoms with van der Waals surface area (Å²) in [5.41, 5.74) is 10.4. The van der Waals surface area contributed by atoms with Gasteiger partial charge in [-0.25, -0.2) is 0 Å². The first kappa shape index (κ1) is 13.9. The molecule has 1 atom stereocenters. The van der Waals surface area contributed by atoms with Crippen LogP contribution in [-0.4, -0.2) is 37.6 Å². The van der Waals surface area contributed by atoms with Crippen molar-refractivity contribution in [3.05, 3.63) is 29.3 Å². The maximum atomic E-state index is 6.10. The molecule has 1 saturated carbocycles. The Kier molecular flexibility index (Phi) is 3.99. The molecule has 1 aromatic rings. The van der Waals surface area contributed by atoms with Gasteiger partial charge in [-0.2, -0.15) is 0 Å². The van der Waals surface area contributed by atoms with Gasteiger partial charge in [0.2, 0.25) is 0 Å². The Morgan fingerprint density at radius 2 is 2.20 bits per heavy atom. The first-order chi connectivity index (χ1) is 9.74. The van der Waals surface area contributed by atoms with Gasteiger partial charge >= 0.3 is 0 Å². The molecule has 3 rings (SSSR count). The Morgan fingerprint density at radius 1 is 1.40 bits per heavy atom. The summed E-state index contributed by atoms with van der Waals surface area (Å²) in [6, 6.07) is 8.17. The number of nitrogens with zero attached hydrogens (tertiary/aromatic N) is 2. The molecular weight excluding hydrogens is 246 g/mol. The Labute approximate surface area is 122 Å². The van der Waals surface area contributed by atoms with Gasteiger partial charge in [0.15, 0.2) is 0 Å². The van der Waals surface area contributed by atoms with E-state index in [2.05, 4.69) is 42.0 Å². The lowest BCUT2D eigenvalue weighted by molar-refractivity contribution is 0.202. The molecule has 0 amide bonds. The highest BCUT2D eigenvalue weighted by Crippen LogP contribution is 2.35. The summed E-state index contributed by atoms with van der Waals surface area (Å²) in [5.74, 6) is 0. The lowest BCUT2D eigenvalue weighted by atomic mass is 9.96. The fourth-order valence-corrected chi connectivity index (χ4v) is 3.61. The average molecular weight is 273 g/mol. The Bertz CT molecular complexity index is 467. The van der Waals surface area contributed by atoms with Crippen LogP contribution in [-0.2, 0) is 6.42 Å². The van der Waals surface area contributed by atoms with E-state index in [1.807, 2.05) is 0 Å². The van der Waals surface area contributed by atoms with Gasteiger partial charge in [-0.1, -0.05) is 19.1 Å². The molecule has 2 N–H and O–H groups in total. The van der Waals surface area contributed by atoms with Crippen molar-refractivity contribution in [2.45, 2.75) is 44.7 Å². The monoisotopic (exact) mass is 273 g/mol. The minimum absolute atomic E-state index is 0.394. The van der Waals surface area contributed by atoms with Crippen molar-refractivity contribution in [2.75, 3.05) is 31.6 Å². The summed E-state index contributed by atoms with van der Waals surface area (Å²) >= 11 is 0. The molecule has 0 aromatic heterocycles. The number of benzene rings is 1. The van der Waals surface area contributed by atoms with Crippen LogP contribution < -0.4 is 10.6 Å². The van der Waals surface area contributed by atoms with Gasteiger partial charge in [0.1, 0.15) is 0 Å². The topological polar surface area (TPSA) is 32.5 Å². The first-order valence-corrected chi connectivity index (χ1v) is 8.04. The number of nitrogens with two attached hydrogens (primary N) is 1. The molecule has 0 radical (unpaired) electrons. The molecule has 0 bridgehead atoms. The Morgan fingerprint density at radius 3 is 2.85 bits per heavy atom. The van der Waals surface area contributed by atoms with E-state index in [1.165, 1.54) is 49.0 Å². The number of fused-ring (bicyclic) bond motifs is 1. The third-order valence-electron chi connectivity index (χ3n) is 4.84. The van der Waals surface area contributed by atoms with Crippen LogP contribution in [0.3, 0.4) is 0 Å². The highest BCUT2D eigenvalue weighted by atomic mass is 15.2. The largest absolute Gasteiger partial charge is 0.374 e. The van der Waals surface area contributed by atoms with Crippen molar-refractivity contribution in [1.29, 1.82) is 0 Å². The zero-order chi connectivity index (χ0) is 14.1. The second-order valence-corrected chi connectivity index (χ2v) is 6.23. The van der Waals surface area contributed by atoms with Gasteiger partial charge < -0.3 is 10.6 Å². The molecule has 1 fully saturated rings. The van der Waals surface area contributed by atoms with E-state index >= 15 is 0 Å². The molecule has 0 saturated heterocycles. The molecule has 1 unspecified atom stereocenters. The van der Waals surface area contributed by atoms with Gasteiger partial charge in [0.05, 0.1) is 0 Å². The molecule has 110 valence electrons. The lowest BCUT2D eigenvalue weighted by Crippen LogP contribution is -2.35. The van der Waals surface area contributed by atoms with Crippen molar-refractivity contribution >= 4 is 5.69 Å². The molecular formula is C17H27N3. The van der Waals surface area contributed by atoms with Crippen LogP contribution in [0, 0.1) is 0 Å². The molecule has 20 heavy (non-hydrogen) atoms. The third-order valence-corrected chi connectivity index (χ3v) is 4.84.